The zero-order valence-electron chi connectivity index (χ0n) is 11.8. The Labute approximate surface area is 135 Å². The molecule has 0 fully saturated rings. The molecule has 0 aliphatic carbocycles. The molecule has 0 bridgehead atoms. The Bertz CT molecular complexity index is 731. The van der Waals surface area contributed by atoms with Crippen LogP contribution in [-0.2, 0) is 0 Å². The third kappa shape index (κ3) is 3.27. The number of nitrogens with one attached hydrogen (secondary N) is 1. The number of amides is 1. The molecule has 1 N–H and O–H groups in total. The molecular formula is C16H12ClF3N2O. The smallest absolute Gasteiger partial charge is 0.361 e. The van der Waals surface area contributed by atoms with Gasteiger partial charge in [-0.25, -0.2) is 0 Å². The molecule has 1 atom stereocenters. The second-order valence-corrected chi connectivity index (χ2v) is 5.63. The molecule has 3 rings (SSSR count). The number of halogens is 4. The third-order valence-corrected chi connectivity index (χ3v) is 3.81. The van der Waals surface area contributed by atoms with E-state index in [9.17, 15) is 18.0 Å². The molecule has 1 heterocycles. The molecule has 0 spiro atoms. The molecule has 120 valence electrons. The van der Waals surface area contributed by atoms with E-state index in [-0.39, 0.29) is 5.56 Å². The maximum Gasteiger partial charge on any atom is 0.406 e. The molecular weight excluding hydrogens is 329 g/mol. The maximum absolute atomic E-state index is 12.9. The second kappa shape index (κ2) is 5.77. The quantitative estimate of drug-likeness (QED) is 0.875. The first-order valence-corrected chi connectivity index (χ1v) is 7.22. The van der Waals surface area contributed by atoms with Crippen molar-refractivity contribution in [2.45, 2.75) is 12.3 Å². The van der Waals surface area contributed by atoms with Gasteiger partial charge in [0.25, 0.3) is 5.91 Å². The van der Waals surface area contributed by atoms with Crippen LogP contribution in [0.5, 0.6) is 0 Å². The minimum Gasteiger partial charge on any atom is -0.361 e. The van der Waals surface area contributed by atoms with Crippen LogP contribution in [0.15, 0.2) is 48.5 Å². The van der Waals surface area contributed by atoms with E-state index in [0.29, 0.717) is 16.3 Å². The van der Waals surface area contributed by atoms with Gasteiger partial charge in [-0.1, -0.05) is 35.9 Å². The number of hydrogen-bond donors (Lipinski definition) is 1. The summed E-state index contributed by atoms with van der Waals surface area (Å²) in [5, 5.41) is 3.47. The maximum atomic E-state index is 12.9. The highest BCUT2D eigenvalue weighted by molar-refractivity contribution is 6.30. The Hall–Kier alpha value is -2.21. The van der Waals surface area contributed by atoms with Crippen LogP contribution >= 0.6 is 11.6 Å². The van der Waals surface area contributed by atoms with Crippen molar-refractivity contribution in [3.05, 3.63) is 64.7 Å². The Morgan fingerprint density at radius 1 is 1.09 bits per heavy atom. The predicted molar refractivity (Wildman–Crippen MR) is 81.3 cm³/mol. The van der Waals surface area contributed by atoms with Gasteiger partial charge in [-0.05, 0) is 29.8 Å². The summed E-state index contributed by atoms with van der Waals surface area (Å²) in [7, 11) is 0. The average Bonchev–Trinajstić information content (AvgIpc) is 2.50. The number of carbonyl (C=O) groups excluding carboxylic acids is 1. The highest BCUT2D eigenvalue weighted by atomic mass is 35.5. The largest absolute Gasteiger partial charge is 0.406 e. The van der Waals surface area contributed by atoms with Gasteiger partial charge in [-0.2, -0.15) is 13.2 Å². The summed E-state index contributed by atoms with van der Waals surface area (Å²) in [5.41, 5.74) is 1.26. The van der Waals surface area contributed by atoms with E-state index in [1.165, 1.54) is 6.07 Å². The van der Waals surface area contributed by atoms with Gasteiger partial charge in [-0.15, -0.1) is 0 Å². The normalized spacial score (nSPS) is 17.7. The fourth-order valence-corrected chi connectivity index (χ4v) is 2.68. The number of para-hydroxylation sites is 1. The highest BCUT2D eigenvalue weighted by Crippen LogP contribution is 2.35. The van der Waals surface area contributed by atoms with Crippen molar-refractivity contribution in [2.75, 3.05) is 11.9 Å². The number of hydrogen-bond acceptors (Lipinski definition) is 2. The standard InChI is InChI=1S/C16H12ClF3N2O/c17-11-7-5-10(6-8-11)14-21-13-4-2-1-3-12(13)15(23)22(14)9-16(18,19)20/h1-8,14,21H,9H2/t14-/m1/s1. The van der Waals surface area contributed by atoms with Crippen molar-refractivity contribution >= 4 is 23.2 Å². The van der Waals surface area contributed by atoms with Crippen LogP contribution in [0.3, 0.4) is 0 Å². The number of nitrogens with zero attached hydrogens (tertiary/aromatic N) is 1. The lowest BCUT2D eigenvalue weighted by atomic mass is 10.0. The van der Waals surface area contributed by atoms with Crippen LogP contribution < -0.4 is 5.32 Å². The summed E-state index contributed by atoms with van der Waals surface area (Å²) < 4.78 is 38.7. The van der Waals surface area contributed by atoms with E-state index in [4.69, 9.17) is 11.6 Å². The summed E-state index contributed by atoms with van der Waals surface area (Å²) in [5.74, 6) is -0.656. The van der Waals surface area contributed by atoms with E-state index < -0.39 is 24.8 Å². The molecule has 0 unspecified atom stereocenters. The van der Waals surface area contributed by atoms with Gasteiger partial charge in [0.15, 0.2) is 0 Å². The Kier molecular flexibility index (Phi) is 3.93. The molecule has 2 aromatic rings. The first-order chi connectivity index (χ1) is 10.8. The topological polar surface area (TPSA) is 32.3 Å². The summed E-state index contributed by atoms with van der Waals surface area (Å²) in [6, 6.07) is 12.9. The molecule has 0 saturated carbocycles. The molecule has 1 aliphatic heterocycles. The van der Waals surface area contributed by atoms with Crippen molar-refractivity contribution in [3.8, 4) is 0 Å². The van der Waals surface area contributed by atoms with Crippen LogP contribution in [0, 0.1) is 0 Å². The van der Waals surface area contributed by atoms with Gasteiger partial charge in [0.2, 0.25) is 0 Å². The van der Waals surface area contributed by atoms with E-state index in [0.717, 1.165) is 4.90 Å². The Morgan fingerprint density at radius 2 is 1.74 bits per heavy atom. The van der Waals surface area contributed by atoms with Gasteiger partial charge in [0, 0.05) is 10.7 Å². The van der Waals surface area contributed by atoms with Gasteiger partial charge in [-0.3, -0.25) is 4.79 Å². The van der Waals surface area contributed by atoms with Crippen molar-refractivity contribution in [2.24, 2.45) is 0 Å². The molecule has 7 heteroatoms. The average molecular weight is 341 g/mol. The van der Waals surface area contributed by atoms with Crippen LogP contribution in [0.1, 0.15) is 22.1 Å². The molecule has 1 amide bonds. The van der Waals surface area contributed by atoms with Crippen LogP contribution in [-0.4, -0.2) is 23.5 Å². The van der Waals surface area contributed by atoms with Gasteiger partial charge in [0.1, 0.15) is 12.7 Å². The predicted octanol–water partition coefficient (Wildman–Crippen LogP) is 4.47. The fraction of sp³-hybridized carbons (Fsp3) is 0.188. The first kappa shape index (κ1) is 15.7. The lowest BCUT2D eigenvalue weighted by Gasteiger charge is -2.38. The highest BCUT2D eigenvalue weighted by Gasteiger charge is 2.40. The minimum absolute atomic E-state index is 0.224. The summed E-state index contributed by atoms with van der Waals surface area (Å²) in [6.45, 7) is -1.33. The van der Waals surface area contributed by atoms with E-state index in [1.807, 2.05) is 0 Å². The molecule has 1 aliphatic rings. The molecule has 0 radical (unpaired) electrons. The third-order valence-electron chi connectivity index (χ3n) is 3.56. The van der Waals surface area contributed by atoms with Gasteiger partial charge < -0.3 is 10.2 Å². The van der Waals surface area contributed by atoms with Gasteiger partial charge in [0.05, 0.1) is 5.56 Å². The minimum atomic E-state index is -4.49. The molecule has 0 saturated heterocycles. The lowest BCUT2D eigenvalue weighted by molar-refractivity contribution is -0.144. The van der Waals surface area contributed by atoms with Crippen molar-refractivity contribution in [1.29, 1.82) is 0 Å². The molecule has 23 heavy (non-hydrogen) atoms. The number of alkyl halides is 3. The number of benzene rings is 2. The summed E-state index contributed by atoms with van der Waals surface area (Å²) >= 11 is 5.82. The van der Waals surface area contributed by atoms with E-state index in [1.54, 1.807) is 42.5 Å². The van der Waals surface area contributed by atoms with E-state index >= 15 is 0 Å². The molecule has 2 aromatic carbocycles. The Balaban J connectivity index is 2.04. The van der Waals surface area contributed by atoms with Gasteiger partial charge >= 0.3 is 6.18 Å². The molecule has 0 aromatic heterocycles. The SMILES string of the molecule is O=C1c2ccccc2N[C@@H](c2ccc(Cl)cc2)N1CC(F)(F)F. The number of fused-ring (bicyclic) bond motifs is 1. The van der Waals surface area contributed by atoms with E-state index in [2.05, 4.69) is 5.32 Å². The number of carbonyl (C=O) groups is 1. The van der Waals surface area contributed by atoms with Crippen LogP contribution in [0.2, 0.25) is 5.02 Å². The zero-order chi connectivity index (χ0) is 16.6. The number of anilines is 1. The second-order valence-electron chi connectivity index (χ2n) is 5.19. The fourth-order valence-electron chi connectivity index (χ4n) is 2.56. The molecule has 3 nitrogen and oxygen atoms in total. The van der Waals surface area contributed by atoms with Crippen LogP contribution in [0.4, 0.5) is 18.9 Å². The Morgan fingerprint density at radius 3 is 2.39 bits per heavy atom. The number of rotatable bonds is 2. The lowest BCUT2D eigenvalue weighted by Crippen LogP contribution is -2.47. The van der Waals surface area contributed by atoms with Crippen LogP contribution in [0.25, 0.3) is 0 Å². The summed E-state index contributed by atoms with van der Waals surface area (Å²) in [4.78, 5) is 13.3. The van der Waals surface area contributed by atoms with Crippen molar-refractivity contribution in [3.63, 3.8) is 0 Å². The summed E-state index contributed by atoms with van der Waals surface area (Å²) in [6.07, 6.45) is -5.40. The van der Waals surface area contributed by atoms with Crippen molar-refractivity contribution in [1.82, 2.24) is 4.90 Å². The van der Waals surface area contributed by atoms with Crippen molar-refractivity contribution < 1.29 is 18.0 Å². The first-order valence-electron chi connectivity index (χ1n) is 6.84. The zero-order valence-corrected chi connectivity index (χ0v) is 12.5. The monoisotopic (exact) mass is 340 g/mol.